The van der Waals surface area contributed by atoms with E-state index >= 15 is 0 Å². The topological polar surface area (TPSA) is 20.2 Å². The summed E-state index contributed by atoms with van der Waals surface area (Å²) in [5.41, 5.74) is 2.66. The molecule has 0 heterocycles. The van der Waals surface area contributed by atoms with Crippen molar-refractivity contribution in [1.29, 1.82) is 0 Å². The van der Waals surface area contributed by atoms with Gasteiger partial charge in [0.1, 0.15) is 5.82 Å². The zero-order chi connectivity index (χ0) is 14.0. The second-order valence-electron chi connectivity index (χ2n) is 4.51. The van der Waals surface area contributed by atoms with Crippen molar-refractivity contribution in [2.75, 3.05) is 0 Å². The third kappa shape index (κ3) is 3.88. The van der Waals surface area contributed by atoms with Gasteiger partial charge in [0.25, 0.3) is 0 Å². The van der Waals surface area contributed by atoms with Crippen LogP contribution in [0.15, 0.2) is 45.3 Å². The Morgan fingerprint density at radius 1 is 1.16 bits per heavy atom. The molecule has 2 aromatic carbocycles. The molecule has 0 aliphatic rings. The van der Waals surface area contributed by atoms with Crippen LogP contribution in [0, 0.1) is 12.7 Å². The summed E-state index contributed by atoms with van der Waals surface area (Å²) in [4.78, 5) is 0. The molecule has 0 aliphatic heterocycles. The summed E-state index contributed by atoms with van der Waals surface area (Å²) in [6, 6.07) is 10.4. The van der Waals surface area contributed by atoms with Gasteiger partial charge in [0.05, 0.1) is 6.10 Å². The van der Waals surface area contributed by atoms with Crippen LogP contribution in [-0.2, 0) is 6.42 Å². The molecule has 0 amide bonds. The molecule has 100 valence electrons. The molecule has 1 N–H and O–H groups in total. The predicted octanol–water partition coefficient (Wildman–Crippen LogP) is 4.94. The van der Waals surface area contributed by atoms with Gasteiger partial charge in [-0.1, -0.05) is 44.0 Å². The third-order valence-electron chi connectivity index (χ3n) is 2.92. The normalized spacial score (nSPS) is 12.5. The number of aryl methyl sites for hydroxylation is 1. The van der Waals surface area contributed by atoms with Gasteiger partial charge in [-0.15, -0.1) is 0 Å². The van der Waals surface area contributed by atoms with Gasteiger partial charge in [0.15, 0.2) is 0 Å². The molecule has 2 aromatic rings. The van der Waals surface area contributed by atoms with Crippen LogP contribution in [-0.4, -0.2) is 5.11 Å². The van der Waals surface area contributed by atoms with E-state index in [4.69, 9.17) is 0 Å². The minimum Gasteiger partial charge on any atom is -0.388 e. The highest BCUT2D eigenvalue weighted by molar-refractivity contribution is 9.10. The Labute approximate surface area is 128 Å². The van der Waals surface area contributed by atoms with Gasteiger partial charge in [-0.05, 0) is 47.9 Å². The van der Waals surface area contributed by atoms with Crippen LogP contribution in [0.4, 0.5) is 4.39 Å². The Balaban J connectivity index is 2.20. The van der Waals surface area contributed by atoms with Crippen molar-refractivity contribution in [3.05, 3.63) is 67.9 Å². The molecule has 0 spiro atoms. The predicted molar refractivity (Wildman–Crippen MR) is 81.6 cm³/mol. The summed E-state index contributed by atoms with van der Waals surface area (Å²) in [7, 11) is 0. The first-order chi connectivity index (χ1) is 8.95. The number of rotatable bonds is 3. The molecular weight excluding hydrogens is 375 g/mol. The van der Waals surface area contributed by atoms with E-state index in [1.807, 2.05) is 31.2 Å². The number of hydrogen-bond acceptors (Lipinski definition) is 1. The van der Waals surface area contributed by atoms with Crippen LogP contribution in [0.5, 0.6) is 0 Å². The minimum atomic E-state index is -0.638. The molecule has 1 nitrogen and oxygen atoms in total. The van der Waals surface area contributed by atoms with Gasteiger partial charge < -0.3 is 5.11 Å². The Morgan fingerprint density at radius 3 is 2.53 bits per heavy atom. The van der Waals surface area contributed by atoms with Crippen LogP contribution in [0.25, 0.3) is 0 Å². The van der Waals surface area contributed by atoms with Crippen molar-refractivity contribution < 1.29 is 9.50 Å². The van der Waals surface area contributed by atoms with Gasteiger partial charge in [-0.2, -0.15) is 0 Å². The summed E-state index contributed by atoms with van der Waals surface area (Å²) < 4.78 is 15.0. The third-order valence-corrected chi connectivity index (χ3v) is 4.27. The van der Waals surface area contributed by atoms with E-state index in [-0.39, 0.29) is 5.82 Å². The molecule has 4 heteroatoms. The Kier molecular flexibility index (Phi) is 4.76. The first-order valence-electron chi connectivity index (χ1n) is 5.85. The Morgan fingerprint density at radius 2 is 1.89 bits per heavy atom. The highest BCUT2D eigenvalue weighted by Crippen LogP contribution is 2.25. The average molecular weight is 388 g/mol. The van der Waals surface area contributed by atoms with Crippen molar-refractivity contribution in [3.8, 4) is 0 Å². The van der Waals surface area contributed by atoms with E-state index in [0.717, 1.165) is 21.2 Å². The van der Waals surface area contributed by atoms with E-state index in [2.05, 4.69) is 31.9 Å². The molecular formula is C15H13Br2FO. The number of aliphatic hydroxyl groups excluding tert-OH is 1. The summed E-state index contributed by atoms with van der Waals surface area (Å²) >= 11 is 6.68. The zero-order valence-electron chi connectivity index (χ0n) is 10.3. The fraction of sp³-hybridized carbons (Fsp3) is 0.200. The van der Waals surface area contributed by atoms with Gasteiger partial charge >= 0.3 is 0 Å². The van der Waals surface area contributed by atoms with Crippen LogP contribution < -0.4 is 0 Å². The van der Waals surface area contributed by atoms with Crippen molar-refractivity contribution in [1.82, 2.24) is 0 Å². The standard InChI is InChI=1S/C15H13Br2FO/c1-9-4-11(2-3-14(9)17)15(19)7-10-5-12(16)8-13(18)6-10/h2-6,8,15,19H,7H2,1H3. The average Bonchev–Trinajstić information content (AvgIpc) is 2.31. The van der Waals surface area contributed by atoms with E-state index in [1.165, 1.54) is 12.1 Å². The SMILES string of the molecule is Cc1cc(C(O)Cc2cc(F)cc(Br)c2)ccc1Br. The summed E-state index contributed by atoms with van der Waals surface area (Å²) in [6.45, 7) is 1.97. The van der Waals surface area contributed by atoms with Crippen LogP contribution >= 0.6 is 31.9 Å². The monoisotopic (exact) mass is 386 g/mol. The first kappa shape index (κ1) is 14.7. The maximum absolute atomic E-state index is 13.3. The quantitative estimate of drug-likeness (QED) is 0.791. The molecule has 19 heavy (non-hydrogen) atoms. The second kappa shape index (κ2) is 6.16. The molecule has 0 aliphatic carbocycles. The molecule has 0 saturated carbocycles. The van der Waals surface area contributed by atoms with Gasteiger partial charge in [-0.25, -0.2) is 4.39 Å². The lowest BCUT2D eigenvalue weighted by atomic mass is 10.00. The van der Waals surface area contributed by atoms with E-state index in [0.29, 0.717) is 10.9 Å². The van der Waals surface area contributed by atoms with Crippen LogP contribution in [0.2, 0.25) is 0 Å². The van der Waals surface area contributed by atoms with E-state index in [9.17, 15) is 9.50 Å². The smallest absolute Gasteiger partial charge is 0.124 e. The largest absolute Gasteiger partial charge is 0.388 e. The number of aliphatic hydroxyl groups is 1. The molecule has 0 bridgehead atoms. The fourth-order valence-corrected chi connectivity index (χ4v) is 2.70. The van der Waals surface area contributed by atoms with E-state index < -0.39 is 6.10 Å². The molecule has 0 fully saturated rings. The summed E-state index contributed by atoms with van der Waals surface area (Å²) in [5.74, 6) is -0.302. The number of hydrogen-bond donors (Lipinski definition) is 1. The Hall–Kier alpha value is -0.710. The van der Waals surface area contributed by atoms with Crippen molar-refractivity contribution in [2.24, 2.45) is 0 Å². The minimum absolute atomic E-state index is 0.302. The molecule has 0 radical (unpaired) electrons. The maximum Gasteiger partial charge on any atom is 0.124 e. The maximum atomic E-state index is 13.3. The van der Waals surface area contributed by atoms with Gasteiger partial charge in [-0.3, -0.25) is 0 Å². The fourth-order valence-electron chi connectivity index (χ4n) is 1.95. The van der Waals surface area contributed by atoms with Crippen molar-refractivity contribution in [3.63, 3.8) is 0 Å². The molecule has 0 aromatic heterocycles. The number of benzene rings is 2. The summed E-state index contributed by atoms with van der Waals surface area (Å²) in [5, 5.41) is 10.2. The van der Waals surface area contributed by atoms with Crippen LogP contribution in [0.1, 0.15) is 22.8 Å². The second-order valence-corrected chi connectivity index (χ2v) is 6.28. The van der Waals surface area contributed by atoms with Gasteiger partial charge in [0.2, 0.25) is 0 Å². The van der Waals surface area contributed by atoms with Crippen molar-refractivity contribution >= 4 is 31.9 Å². The molecule has 1 atom stereocenters. The molecule has 1 unspecified atom stereocenters. The highest BCUT2D eigenvalue weighted by atomic mass is 79.9. The first-order valence-corrected chi connectivity index (χ1v) is 7.43. The lowest BCUT2D eigenvalue weighted by molar-refractivity contribution is 0.178. The lowest BCUT2D eigenvalue weighted by Gasteiger charge is -2.13. The van der Waals surface area contributed by atoms with E-state index in [1.54, 1.807) is 0 Å². The lowest BCUT2D eigenvalue weighted by Crippen LogP contribution is -2.02. The van der Waals surface area contributed by atoms with Crippen LogP contribution in [0.3, 0.4) is 0 Å². The number of halogens is 3. The zero-order valence-corrected chi connectivity index (χ0v) is 13.5. The Bertz CT molecular complexity index is 578. The summed E-state index contributed by atoms with van der Waals surface area (Å²) in [6.07, 6.45) is -0.252. The highest BCUT2D eigenvalue weighted by Gasteiger charge is 2.11. The van der Waals surface area contributed by atoms with Gasteiger partial charge in [0, 0.05) is 15.4 Å². The molecule has 2 rings (SSSR count). The van der Waals surface area contributed by atoms with Crippen molar-refractivity contribution in [2.45, 2.75) is 19.4 Å². The molecule has 0 saturated heterocycles.